The first-order chi connectivity index (χ1) is 9.81. The number of nitrogens with one attached hydrogen (secondary N) is 1. The van der Waals surface area contributed by atoms with Gasteiger partial charge in [-0.05, 0) is 41.0 Å². The second-order valence-corrected chi connectivity index (χ2v) is 6.69. The van der Waals surface area contributed by atoms with E-state index in [1.807, 2.05) is 4.68 Å². The summed E-state index contributed by atoms with van der Waals surface area (Å²) in [5, 5.41) is 16.3. The zero-order valence-electron chi connectivity index (χ0n) is 11.0. The SMILES string of the molecule is Brc1ccc(CSc2nnnn2CCNC2CC2)cc1. The summed E-state index contributed by atoms with van der Waals surface area (Å²) in [7, 11) is 0. The molecule has 0 saturated heterocycles. The number of rotatable bonds is 7. The molecule has 0 radical (unpaired) electrons. The van der Waals surface area contributed by atoms with Crippen molar-refractivity contribution in [1.29, 1.82) is 0 Å². The van der Waals surface area contributed by atoms with Crippen LogP contribution in [-0.2, 0) is 12.3 Å². The summed E-state index contributed by atoms with van der Waals surface area (Å²) in [6.45, 7) is 1.76. The molecular weight excluding hydrogens is 338 g/mol. The maximum atomic E-state index is 4.09. The number of aromatic nitrogens is 4. The molecule has 20 heavy (non-hydrogen) atoms. The number of halogens is 1. The van der Waals surface area contributed by atoms with Gasteiger partial charge < -0.3 is 5.32 Å². The standard InChI is InChI=1S/C13H16BrN5S/c14-11-3-1-10(2-4-11)9-20-13-16-17-18-19(13)8-7-15-12-5-6-12/h1-4,12,15H,5-9H2. The molecule has 5 nitrogen and oxygen atoms in total. The van der Waals surface area contributed by atoms with Gasteiger partial charge in [0.1, 0.15) is 0 Å². The molecule has 1 aliphatic carbocycles. The molecular formula is C13H16BrN5S. The fraction of sp³-hybridized carbons (Fsp3) is 0.462. The molecule has 1 aromatic heterocycles. The average molecular weight is 354 g/mol. The number of thioether (sulfide) groups is 1. The first-order valence-corrected chi connectivity index (χ1v) is 8.46. The molecule has 1 fully saturated rings. The molecule has 0 unspecified atom stereocenters. The van der Waals surface area contributed by atoms with Gasteiger partial charge in [-0.3, -0.25) is 0 Å². The van der Waals surface area contributed by atoms with Crippen molar-refractivity contribution < 1.29 is 0 Å². The molecule has 1 aliphatic rings. The van der Waals surface area contributed by atoms with Crippen molar-refractivity contribution in [2.24, 2.45) is 0 Å². The topological polar surface area (TPSA) is 55.6 Å². The van der Waals surface area contributed by atoms with E-state index in [1.165, 1.54) is 18.4 Å². The van der Waals surface area contributed by atoms with Crippen LogP contribution in [0.5, 0.6) is 0 Å². The Morgan fingerprint density at radius 2 is 2.10 bits per heavy atom. The molecule has 2 aromatic rings. The lowest BCUT2D eigenvalue weighted by Crippen LogP contribution is -2.22. The van der Waals surface area contributed by atoms with E-state index in [2.05, 4.69) is 61.0 Å². The van der Waals surface area contributed by atoms with E-state index in [0.29, 0.717) is 0 Å². The summed E-state index contributed by atoms with van der Waals surface area (Å²) < 4.78 is 2.97. The van der Waals surface area contributed by atoms with Gasteiger partial charge in [-0.15, -0.1) is 5.10 Å². The van der Waals surface area contributed by atoms with Crippen molar-refractivity contribution >= 4 is 27.7 Å². The molecule has 0 amide bonds. The van der Waals surface area contributed by atoms with Crippen molar-refractivity contribution in [1.82, 2.24) is 25.5 Å². The Bertz CT molecular complexity index is 552. The van der Waals surface area contributed by atoms with E-state index < -0.39 is 0 Å². The highest BCUT2D eigenvalue weighted by Crippen LogP contribution is 2.21. The van der Waals surface area contributed by atoms with Gasteiger partial charge in [-0.25, -0.2) is 4.68 Å². The highest BCUT2D eigenvalue weighted by Gasteiger charge is 2.20. The number of hydrogen-bond donors (Lipinski definition) is 1. The van der Waals surface area contributed by atoms with Crippen LogP contribution in [0.1, 0.15) is 18.4 Å². The summed E-state index contributed by atoms with van der Waals surface area (Å²) in [5.41, 5.74) is 1.27. The summed E-state index contributed by atoms with van der Waals surface area (Å²) in [5.74, 6) is 0.879. The molecule has 0 aliphatic heterocycles. The van der Waals surface area contributed by atoms with Crippen LogP contribution in [0.2, 0.25) is 0 Å². The van der Waals surface area contributed by atoms with Crippen molar-refractivity contribution in [2.45, 2.75) is 36.3 Å². The van der Waals surface area contributed by atoms with Crippen LogP contribution in [-0.4, -0.2) is 32.8 Å². The predicted molar refractivity (Wildman–Crippen MR) is 82.5 cm³/mol. The molecule has 0 spiro atoms. The first kappa shape index (κ1) is 14.0. The van der Waals surface area contributed by atoms with Crippen molar-refractivity contribution in [2.75, 3.05) is 6.54 Å². The summed E-state index contributed by atoms with van der Waals surface area (Å²) in [6.07, 6.45) is 2.61. The number of benzene rings is 1. The molecule has 1 N–H and O–H groups in total. The third-order valence-corrected chi connectivity index (χ3v) is 4.67. The monoisotopic (exact) mass is 353 g/mol. The van der Waals surface area contributed by atoms with E-state index in [1.54, 1.807) is 11.8 Å². The Morgan fingerprint density at radius 3 is 2.85 bits per heavy atom. The van der Waals surface area contributed by atoms with E-state index in [-0.39, 0.29) is 0 Å². The summed E-state index contributed by atoms with van der Waals surface area (Å²) >= 11 is 5.11. The Kier molecular flexibility index (Phi) is 4.69. The third kappa shape index (κ3) is 4.04. The van der Waals surface area contributed by atoms with Gasteiger partial charge >= 0.3 is 0 Å². The molecule has 1 heterocycles. The van der Waals surface area contributed by atoms with Gasteiger partial charge in [-0.1, -0.05) is 39.8 Å². The number of nitrogens with zero attached hydrogens (tertiary/aromatic N) is 4. The lowest BCUT2D eigenvalue weighted by atomic mass is 10.2. The van der Waals surface area contributed by atoms with Gasteiger partial charge in [-0.2, -0.15) is 0 Å². The Morgan fingerprint density at radius 1 is 1.30 bits per heavy atom. The minimum atomic E-state index is 0.727. The molecule has 0 bridgehead atoms. The molecule has 7 heteroatoms. The van der Waals surface area contributed by atoms with Gasteiger partial charge in [0.2, 0.25) is 5.16 Å². The van der Waals surface area contributed by atoms with Gasteiger partial charge in [0.15, 0.2) is 0 Å². The quantitative estimate of drug-likeness (QED) is 0.775. The minimum Gasteiger partial charge on any atom is -0.312 e. The van der Waals surface area contributed by atoms with E-state index in [0.717, 1.165) is 34.5 Å². The van der Waals surface area contributed by atoms with Gasteiger partial charge in [0.25, 0.3) is 0 Å². The van der Waals surface area contributed by atoms with Crippen LogP contribution >= 0.6 is 27.7 Å². The molecule has 1 saturated carbocycles. The van der Waals surface area contributed by atoms with E-state index in [4.69, 9.17) is 0 Å². The highest BCUT2D eigenvalue weighted by atomic mass is 79.9. The normalized spacial score (nSPS) is 14.7. The predicted octanol–water partition coefficient (Wildman–Crippen LogP) is 2.48. The largest absolute Gasteiger partial charge is 0.312 e. The smallest absolute Gasteiger partial charge is 0.209 e. The second-order valence-electron chi connectivity index (χ2n) is 4.83. The van der Waals surface area contributed by atoms with Crippen molar-refractivity contribution in [3.63, 3.8) is 0 Å². The first-order valence-electron chi connectivity index (χ1n) is 6.68. The van der Waals surface area contributed by atoms with Gasteiger partial charge in [0, 0.05) is 22.8 Å². The van der Waals surface area contributed by atoms with Crippen LogP contribution < -0.4 is 5.32 Å². The van der Waals surface area contributed by atoms with Crippen LogP contribution in [0.15, 0.2) is 33.9 Å². The third-order valence-electron chi connectivity index (χ3n) is 3.11. The second kappa shape index (κ2) is 6.69. The molecule has 1 aromatic carbocycles. The van der Waals surface area contributed by atoms with Crippen molar-refractivity contribution in [3.8, 4) is 0 Å². The van der Waals surface area contributed by atoms with E-state index >= 15 is 0 Å². The zero-order valence-corrected chi connectivity index (χ0v) is 13.4. The van der Waals surface area contributed by atoms with Crippen LogP contribution in [0, 0.1) is 0 Å². The maximum Gasteiger partial charge on any atom is 0.209 e. The van der Waals surface area contributed by atoms with Crippen LogP contribution in [0.25, 0.3) is 0 Å². The fourth-order valence-corrected chi connectivity index (χ4v) is 2.95. The van der Waals surface area contributed by atoms with Crippen molar-refractivity contribution in [3.05, 3.63) is 34.3 Å². The molecule has 0 atom stereocenters. The summed E-state index contributed by atoms with van der Waals surface area (Å²) in [4.78, 5) is 0. The lowest BCUT2D eigenvalue weighted by molar-refractivity contribution is 0.509. The van der Waals surface area contributed by atoms with Crippen LogP contribution in [0.3, 0.4) is 0 Å². The molecule has 3 rings (SSSR count). The van der Waals surface area contributed by atoms with Crippen LogP contribution in [0.4, 0.5) is 0 Å². The maximum absolute atomic E-state index is 4.09. The number of tetrazole rings is 1. The highest BCUT2D eigenvalue weighted by molar-refractivity contribution is 9.10. The zero-order chi connectivity index (χ0) is 13.8. The van der Waals surface area contributed by atoms with Gasteiger partial charge in [0.05, 0.1) is 6.54 Å². The van der Waals surface area contributed by atoms with E-state index in [9.17, 15) is 0 Å². The molecule has 106 valence electrons. The number of hydrogen-bond acceptors (Lipinski definition) is 5. The Balaban J connectivity index is 1.51. The Hall–Kier alpha value is -0.920. The summed E-state index contributed by atoms with van der Waals surface area (Å²) in [6, 6.07) is 9.06. The minimum absolute atomic E-state index is 0.727. The fourth-order valence-electron chi connectivity index (χ4n) is 1.83. The Labute approximate surface area is 130 Å². The average Bonchev–Trinajstić information content (AvgIpc) is 3.17. The lowest BCUT2D eigenvalue weighted by Gasteiger charge is -2.05.